The van der Waals surface area contributed by atoms with Gasteiger partial charge in [0.2, 0.25) is 5.88 Å². The van der Waals surface area contributed by atoms with Gasteiger partial charge in [0.15, 0.2) is 0 Å². The Morgan fingerprint density at radius 3 is 3.11 bits per heavy atom. The lowest BCUT2D eigenvalue weighted by atomic mass is 10.1. The molecule has 1 aliphatic carbocycles. The Labute approximate surface area is 106 Å². The molecular weight excluding hydrogens is 232 g/mol. The van der Waals surface area contributed by atoms with Crippen molar-refractivity contribution >= 4 is 5.97 Å². The highest BCUT2D eigenvalue weighted by molar-refractivity contribution is 5.91. The predicted octanol–water partition coefficient (Wildman–Crippen LogP) is 1.37. The van der Waals surface area contributed by atoms with Gasteiger partial charge in [0.1, 0.15) is 11.7 Å². The summed E-state index contributed by atoms with van der Waals surface area (Å²) < 4.78 is 10.6. The first kappa shape index (κ1) is 12.8. The molecule has 0 bridgehead atoms. The number of rotatable bonds is 4. The van der Waals surface area contributed by atoms with E-state index in [1.165, 1.54) is 7.11 Å². The van der Waals surface area contributed by atoms with Crippen LogP contribution >= 0.6 is 0 Å². The highest BCUT2D eigenvalue weighted by Crippen LogP contribution is 2.29. The van der Waals surface area contributed by atoms with Crippen LogP contribution in [0.1, 0.15) is 29.6 Å². The number of pyridine rings is 1. The van der Waals surface area contributed by atoms with Gasteiger partial charge in [0.05, 0.1) is 7.11 Å². The molecule has 98 valence electrons. The molecule has 2 rings (SSSR count). The SMILES string of the molecule is COC(=O)c1cccnc1OC1CCCC1CN. The largest absolute Gasteiger partial charge is 0.473 e. The monoisotopic (exact) mass is 250 g/mol. The van der Waals surface area contributed by atoms with Crippen LogP contribution in [-0.2, 0) is 4.74 Å². The van der Waals surface area contributed by atoms with Crippen LogP contribution in [0.15, 0.2) is 18.3 Å². The Kier molecular flexibility index (Phi) is 4.15. The molecule has 1 aliphatic rings. The average Bonchev–Trinajstić information content (AvgIpc) is 2.86. The number of aromatic nitrogens is 1. The number of carbonyl (C=O) groups excluding carboxylic acids is 1. The summed E-state index contributed by atoms with van der Waals surface area (Å²) in [6.07, 6.45) is 4.79. The first-order valence-corrected chi connectivity index (χ1v) is 6.16. The molecule has 1 aromatic heterocycles. The fourth-order valence-corrected chi connectivity index (χ4v) is 2.32. The summed E-state index contributed by atoms with van der Waals surface area (Å²) in [5, 5.41) is 0. The topological polar surface area (TPSA) is 74.4 Å². The first-order valence-electron chi connectivity index (χ1n) is 6.16. The van der Waals surface area contributed by atoms with E-state index in [0.29, 0.717) is 23.9 Å². The lowest BCUT2D eigenvalue weighted by Gasteiger charge is -2.20. The van der Waals surface area contributed by atoms with Crippen LogP contribution in [0.3, 0.4) is 0 Å². The summed E-state index contributed by atoms with van der Waals surface area (Å²) >= 11 is 0. The summed E-state index contributed by atoms with van der Waals surface area (Å²) in [6, 6.07) is 3.34. The second-order valence-electron chi connectivity index (χ2n) is 4.43. The number of ether oxygens (including phenoxy) is 2. The summed E-state index contributed by atoms with van der Waals surface area (Å²) in [4.78, 5) is 15.7. The third kappa shape index (κ3) is 2.61. The van der Waals surface area contributed by atoms with Crippen molar-refractivity contribution in [3.63, 3.8) is 0 Å². The van der Waals surface area contributed by atoms with E-state index in [-0.39, 0.29) is 6.10 Å². The van der Waals surface area contributed by atoms with E-state index in [2.05, 4.69) is 4.98 Å². The van der Waals surface area contributed by atoms with Gasteiger partial charge in [-0.05, 0) is 37.9 Å². The summed E-state index contributed by atoms with van der Waals surface area (Å²) in [5.41, 5.74) is 6.07. The van der Waals surface area contributed by atoms with Gasteiger partial charge in [-0.1, -0.05) is 0 Å². The van der Waals surface area contributed by atoms with Gasteiger partial charge in [0, 0.05) is 12.1 Å². The van der Waals surface area contributed by atoms with Crippen LogP contribution in [0.2, 0.25) is 0 Å². The maximum absolute atomic E-state index is 11.6. The lowest BCUT2D eigenvalue weighted by molar-refractivity contribution is 0.0588. The van der Waals surface area contributed by atoms with E-state index in [1.807, 2.05) is 0 Å². The molecule has 2 N–H and O–H groups in total. The van der Waals surface area contributed by atoms with Crippen LogP contribution in [0, 0.1) is 5.92 Å². The van der Waals surface area contributed by atoms with Crippen molar-refractivity contribution < 1.29 is 14.3 Å². The molecule has 1 aromatic rings. The normalized spacial score (nSPS) is 22.8. The molecule has 1 heterocycles. The molecule has 2 atom stereocenters. The molecule has 0 spiro atoms. The quantitative estimate of drug-likeness (QED) is 0.817. The van der Waals surface area contributed by atoms with Crippen LogP contribution in [0.5, 0.6) is 5.88 Å². The fourth-order valence-electron chi connectivity index (χ4n) is 2.32. The second kappa shape index (κ2) is 5.82. The van der Waals surface area contributed by atoms with E-state index >= 15 is 0 Å². The zero-order valence-corrected chi connectivity index (χ0v) is 10.5. The molecule has 18 heavy (non-hydrogen) atoms. The van der Waals surface area contributed by atoms with Crippen LogP contribution < -0.4 is 10.5 Å². The fraction of sp³-hybridized carbons (Fsp3) is 0.538. The van der Waals surface area contributed by atoms with Gasteiger partial charge >= 0.3 is 5.97 Å². The number of hydrogen-bond acceptors (Lipinski definition) is 5. The van der Waals surface area contributed by atoms with Crippen molar-refractivity contribution in [1.29, 1.82) is 0 Å². The summed E-state index contributed by atoms with van der Waals surface area (Å²) in [6.45, 7) is 0.602. The van der Waals surface area contributed by atoms with Crippen LogP contribution in [-0.4, -0.2) is 30.7 Å². The molecule has 5 heteroatoms. The molecule has 0 amide bonds. The van der Waals surface area contributed by atoms with Gasteiger partial charge in [-0.3, -0.25) is 0 Å². The van der Waals surface area contributed by atoms with Gasteiger partial charge < -0.3 is 15.2 Å². The molecule has 1 saturated carbocycles. The van der Waals surface area contributed by atoms with Gasteiger partial charge in [-0.15, -0.1) is 0 Å². The molecule has 1 fully saturated rings. The molecule has 0 aliphatic heterocycles. The molecule has 0 saturated heterocycles. The van der Waals surface area contributed by atoms with E-state index in [1.54, 1.807) is 18.3 Å². The smallest absolute Gasteiger partial charge is 0.343 e. The minimum atomic E-state index is -0.430. The molecule has 5 nitrogen and oxygen atoms in total. The third-order valence-electron chi connectivity index (χ3n) is 3.33. The minimum Gasteiger partial charge on any atom is -0.473 e. The number of nitrogens with two attached hydrogens (primary N) is 1. The number of carbonyl (C=O) groups is 1. The Morgan fingerprint density at radius 2 is 2.39 bits per heavy atom. The van der Waals surface area contributed by atoms with E-state index in [0.717, 1.165) is 19.3 Å². The van der Waals surface area contributed by atoms with Crippen molar-refractivity contribution in [2.45, 2.75) is 25.4 Å². The minimum absolute atomic E-state index is 0.0494. The Morgan fingerprint density at radius 1 is 1.56 bits per heavy atom. The van der Waals surface area contributed by atoms with Crippen LogP contribution in [0.4, 0.5) is 0 Å². The summed E-state index contributed by atoms with van der Waals surface area (Å²) in [5.74, 6) is 0.257. The zero-order chi connectivity index (χ0) is 13.0. The number of hydrogen-bond donors (Lipinski definition) is 1. The number of esters is 1. The van der Waals surface area contributed by atoms with Crippen molar-refractivity contribution in [1.82, 2.24) is 4.98 Å². The highest BCUT2D eigenvalue weighted by atomic mass is 16.5. The molecule has 0 radical (unpaired) electrons. The second-order valence-corrected chi connectivity index (χ2v) is 4.43. The van der Waals surface area contributed by atoms with Crippen molar-refractivity contribution in [3.05, 3.63) is 23.9 Å². The molecule has 2 unspecified atom stereocenters. The van der Waals surface area contributed by atoms with Gasteiger partial charge in [0.25, 0.3) is 0 Å². The molecule has 0 aromatic carbocycles. The Balaban J connectivity index is 2.16. The van der Waals surface area contributed by atoms with Crippen molar-refractivity contribution in [2.75, 3.05) is 13.7 Å². The highest BCUT2D eigenvalue weighted by Gasteiger charge is 2.29. The zero-order valence-electron chi connectivity index (χ0n) is 10.5. The first-order chi connectivity index (χ1) is 8.76. The molecular formula is C13H18N2O3. The third-order valence-corrected chi connectivity index (χ3v) is 3.33. The number of methoxy groups -OCH3 is 1. The van der Waals surface area contributed by atoms with Crippen molar-refractivity contribution in [3.8, 4) is 5.88 Å². The van der Waals surface area contributed by atoms with Gasteiger partial charge in [-0.2, -0.15) is 0 Å². The summed E-state index contributed by atoms with van der Waals surface area (Å²) in [7, 11) is 1.34. The lowest BCUT2D eigenvalue weighted by Crippen LogP contribution is -2.28. The Hall–Kier alpha value is -1.62. The standard InChI is InChI=1S/C13H18N2O3/c1-17-13(16)10-5-3-7-15-12(10)18-11-6-2-4-9(11)8-14/h3,5,7,9,11H,2,4,6,8,14H2,1H3. The van der Waals surface area contributed by atoms with Crippen LogP contribution in [0.25, 0.3) is 0 Å². The predicted molar refractivity (Wildman–Crippen MR) is 66.4 cm³/mol. The number of nitrogens with zero attached hydrogens (tertiary/aromatic N) is 1. The van der Waals surface area contributed by atoms with E-state index < -0.39 is 5.97 Å². The van der Waals surface area contributed by atoms with E-state index in [4.69, 9.17) is 15.2 Å². The van der Waals surface area contributed by atoms with Crippen molar-refractivity contribution in [2.24, 2.45) is 11.7 Å². The van der Waals surface area contributed by atoms with E-state index in [9.17, 15) is 4.79 Å². The van der Waals surface area contributed by atoms with Gasteiger partial charge in [-0.25, -0.2) is 9.78 Å². The maximum atomic E-state index is 11.6. The maximum Gasteiger partial charge on any atom is 0.343 e. The Bertz CT molecular complexity index is 422. The average molecular weight is 250 g/mol.